The number of benzene rings is 1. The van der Waals surface area contributed by atoms with Gasteiger partial charge in [-0.25, -0.2) is 0 Å². The van der Waals surface area contributed by atoms with Gasteiger partial charge >= 0.3 is 0 Å². The number of Topliss-reactive ketones (excluding diaryl/α,β-unsaturated/α-hetero) is 2. The van der Waals surface area contributed by atoms with Crippen LogP contribution in [0.5, 0.6) is 0 Å². The van der Waals surface area contributed by atoms with Crippen LogP contribution in [0.4, 0.5) is 0 Å². The van der Waals surface area contributed by atoms with E-state index in [1.54, 1.807) is 6.92 Å². The van der Waals surface area contributed by atoms with E-state index < -0.39 is 5.92 Å². The molecule has 2 rings (SSSR count). The van der Waals surface area contributed by atoms with Gasteiger partial charge in [0, 0.05) is 11.5 Å². The smallest absolute Gasteiger partial charge is 0.173 e. The van der Waals surface area contributed by atoms with Crippen molar-refractivity contribution < 1.29 is 9.59 Å². The predicted molar refractivity (Wildman–Crippen MR) is 67.2 cm³/mol. The van der Waals surface area contributed by atoms with Crippen molar-refractivity contribution in [3.63, 3.8) is 0 Å². The van der Waals surface area contributed by atoms with Crippen LogP contribution in [0.1, 0.15) is 54.9 Å². The van der Waals surface area contributed by atoms with Crippen LogP contribution < -0.4 is 0 Å². The number of hydrogen-bond donors (Lipinski definition) is 0. The normalized spacial score (nSPS) is 23.6. The second kappa shape index (κ2) is 4.82. The second-order valence-electron chi connectivity index (χ2n) is 4.77. The highest BCUT2D eigenvalue weighted by Crippen LogP contribution is 2.35. The Labute approximate surface area is 102 Å². The van der Waals surface area contributed by atoms with E-state index in [0.29, 0.717) is 0 Å². The molecule has 0 fully saturated rings. The van der Waals surface area contributed by atoms with Crippen molar-refractivity contribution in [2.45, 2.75) is 39.0 Å². The van der Waals surface area contributed by atoms with Crippen molar-refractivity contribution in [2.24, 2.45) is 5.92 Å². The van der Waals surface area contributed by atoms with E-state index in [1.807, 2.05) is 24.3 Å². The molecule has 1 aromatic rings. The van der Waals surface area contributed by atoms with Crippen LogP contribution in [0, 0.1) is 5.92 Å². The lowest BCUT2D eigenvalue weighted by Crippen LogP contribution is -2.33. The van der Waals surface area contributed by atoms with Crippen molar-refractivity contribution in [3.8, 4) is 0 Å². The van der Waals surface area contributed by atoms with E-state index in [0.717, 1.165) is 30.4 Å². The van der Waals surface area contributed by atoms with Crippen LogP contribution in [0.15, 0.2) is 24.3 Å². The van der Waals surface area contributed by atoms with Crippen molar-refractivity contribution in [2.75, 3.05) is 0 Å². The standard InChI is InChI=1S/C15H18O2/c1-3-4-7-12-11-8-5-6-9-13(11)15(17)10(2)14(12)16/h5-6,8-10,12H,3-4,7H2,1-2H3. The topological polar surface area (TPSA) is 34.1 Å². The SMILES string of the molecule is CCCCC1C(=O)C(C)C(=O)c2ccccc21. The highest BCUT2D eigenvalue weighted by Gasteiger charge is 2.37. The molecule has 1 aliphatic rings. The summed E-state index contributed by atoms with van der Waals surface area (Å²) >= 11 is 0. The number of ketones is 2. The van der Waals surface area contributed by atoms with Crippen LogP contribution in [0.2, 0.25) is 0 Å². The first-order valence-corrected chi connectivity index (χ1v) is 6.33. The van der Waals surface area contributed by atoms with Crippen LogP contribution in [0.3, 0.4) is 0 Å². The van der Waals surface area contributed by atoms with Crippen LogP contribution >= 0.6 is 0 Å². The molecule has 2 heteroatoms. The minimum atomic E-state index is -0.466. The maximum Gasteiger partial charge on any atom is 0.173 e. The van der Waals surface area contributed by atoms with Gasteiger partial charge in [0.25, 0.3) is 0 Å². The molecule has 0 saturated carbocycles. The summed E-state index contributed by atoms with van der Waals surface area (Å²) in [5, 5.41) is 0. The first kappa shape index (κ1) is 12.0. The molecule has 90 valence electrons. The fraction of sp³-hybridized carbons (Fsp3) is 0.467. The zero-order chi connectivity index (χ0) is 12.4. The van der Waals surface area contributed by atoms with E-state index >= 15 is 0 Å². The summed E-state index contributed by atoms with van der Waals surface area (Å²) in [6, 6.07) is 7.56. The summed E-state index contributed by atoms with van der Waals surface area (Å²) in [6.45, 7) is 3.85. The molecule has 0 radical (unpaired) electrons. The molecule has 0 amide bonds. The van der Waals surface area contributed by atoms with E-state index in [1.165, 1.54) is 0 Å². The van der Waals surface area contributed by atoms with Gasteiger partial charge in [-0.15, -0.1) is 0 Å². The number of hydrogen-bond acceptors (Lipinski definition) is 2. The maximum absolute atomic E-state index is 12.2. The summed E-state index contributed by atoms with van der Waals surface area (Å²) < 4.78 is 0. The largest absolute Gasteiger partial charge is 0.298 e. The molecule has 2 nitrogen and oxygen atoms in total. The van der Waals surface area contributed by atoms with Gasteiger partial charge in [-0.3, -0.25) is 9.59 Å². The van der Waals surface area contributed by atoms with Crippen molar-refractivity contribution in [3.05, 3.63) is 35.4 Å². The summed E-state index contributed by atoms with van der Waals surface area (Å²) in [5.74, 6) is -0.453. The van der Waals surface area contributed by atoms with Crippen molar-refractivity contribution in [1.82, 2.24) is 0 Å². The van der Waals surface area contributed by atoms with Gasteiger partial charge in [0.1, 0.15) is 0 Å². The van der Waals surface area contributed by atoms with E-state index in [9.17, 15) is 9.59 Å². The fourth-order valence-electron chi connectivity index (χ4n) is 2.55. The highest BCUT2D eigenvalue weighted by molar-refractivity contribution is 6.16. The molecule has 2 atom stereocenters. The van der Waals surface area contributed by atoms with Gasteiger partial charge < -0.3 is 0 Å². The minimum Gasteiger partial charge on any atom is -0.298 e. The summed E-state index contributed by atoms with van der Waals surface area (Å²) in [4.78, 5) is 24.2. The summed E-state index contributed by atoms with van der Waals surface area (Å²) in [5.41, 5.74) is 1.69. The summed E-state index contributed by atoms with van der Waals surface area (Å²) in [7, 11) is 0. The zero-order valence-electron chi connectivity index (χ0n) is 10.4. The maximum atomic E-state index is 12.2. The third-order valence-electron chi connectivity index (χ3n) is 3.61. The monoisotopic (exact) mass is 230 g/mol. The molecular formula is C15H18O2. The lowest BCUT2D eigenvalue weighted by Gasteiger charge is -2.27. The van der Waals surface area contributed by atoms with Gasteiger partial charge in [-0.1, -0.05) is 44.0 Å². The molecule has 1 aromatic carbocycles. The van der Waals surface area contributed by atoms with Gasteiger partial charge in [-0.05, 0) is 18.9 Å². The molecule has 0 bridgehead atoms. The van der Waals surface area contributed by atoms with Crippen molar-refractivity contribution in [1.29, 1.82) is 0 Å². The first-order chi connectivity index (χ1) is 8.16. The number of rotatable bonds is 3. The van der Waals surface area contributed by atoms with E-state index in [-0.39, 0.29) is 17.5 Å². The molecule has 1 aliphatic carbocycles. The Morgan fingerprint density at radius 3 is 2.59 bits per heavy atom. The van der Waals surface area contributed by atoms with Gasteiger partial charge in [-0.2, -0.15) is 0 Å². The Balaban J connectivity index is 2.42. The molecule has 0 heterocycles. The van der Waals surface area contributed by atoms with Gasteiger partial charge in [0.2, 0.25) is 0 Å². The van der Waals surface area contributed by atoms with Gasteiger partial charge in [0.05, 0.1) is 5.92 Å². The lowest BCUT2D eigenvalue weighted by atomic mass is 9.74. The predicted octanol–water partition coefficient (Wildman–Crippen LogP) is 3.36. The van der Waals surface area contributed by atoms with Crippen LogP contribution in [0.25, 0.3) is 0 Å². The Morgan fingerprint density at radius 2 is 1.88 bits per heavy atom. The minimum absolute atomic E-state index is 0.0154. The number of carbonyl (C=O) groups is 2. The van der Waals surface area contributed by atoms with E-state index in [2.05, 4.69) is 6.92 Å². The molecule has 0 aromatic heterocycles. The van der Waals surface area contributed by atoms with Crippen molar-refractivity contribution >= 4 is 11.6 Å². The fourth-order valence-corrected chi connectivity index (χ4v) is 2.55. The average Bonchev–Trinajstić information content (AvgIpc) is 2.36. The third kappa shape index (κ3) is 2.04. The Morgan fingerprint density at radius 1 is 1.18 bits per heavy atom. The lowest BCUT2D eigenvalue weighted by molar-refractivity contribution is -0.123. The van der Waals surface area contributed by atoms with Crippen LogP contribution in [-0.4, -0.2) is 11.6 Å². The first-order valence-electron chi connectivity index (χ1n) is 6.33. The molecule has 0 aliphatic heterocycles. The third-order valence-corrected chi connectivity index (χ3v) is 3.61. The Bertz CT molecular complexity index is 448. The molecule has 0 spiro atoms. The molecular weight excluding hydrogens is 212 g/mol. The second-order valence-corrected chi connectivity index (χ2v) is 4.77. The molecule has 17 heavy (non-hydrogen) atoms. The average molecular weight is 230 g/mol. The number of carbonyl (C=O) groups excluding carboxylic acids is 2. The Hall–Kier alpha value is -1.44. The molecule has 0 saturated heterocycles. The molecule has 0 N–H and O–H groups in total. The van der Waals surface area contributed by atoms with E-state index in [4.69, 9.17) is 0 Å². The number of unbranched alkanes of at least 4 members (excludes halogenated alkanes) is 1. The zero-order valence-corrected chi connectivity index (χ0v) is 10.4. The Kier molecular flexibility index (Phi) is 3.41. The van der Waals surface area contributed by atoms with Gasteiger partial charge in [0.15, 0.2) is 11.6 Å². The van der Waals surface area contributed by atoms with Crippen LogP contribution in [-0.2, 0) is 4.79 Å². The number of fused-ring (bicyclic) bond motifs is 1. The quantitative estimate of drug-likeness (QED) is 0.746. The highest BCUT2D eigenvalue weighted by atomic mass is 16.2. The molecule has 2 unspecified atom stereocenters. The summed E-state index contributed by atoms with van der Waals surface area (Å²) in [6.07, 6.45) is 2.98.